The Kier molecular flexibility index (Phi) is 6.63. The molecule has 0 aromatic heterocycles. The monoisotopic (exact) mass is 328 g/mol. The lowest BCUT2D eigenvalue weighted by atomic mass is 9.96. The Hall–Kier alpha value is -1.12. The number of aliphatic carboxylic acids is 1. The van der Waals surface area contributed by atoms with Crippen molar-refractivity contribution >= 4 is 23.8 Å². The fraction of sp³-hybridized carbons (Fsp3) is 0.833. The summed E-state index contributed by atoms with van der Waals surface area (Å²) in [6.45, 7) is 1.37. The molecule has 0 aliphatic carbocycles. The van der Waals surface area contributed by atoms with Gasteiger partial charge < -0.3 is 15.3 Å². The minimum absolute atomic E-state index is 0.372. The number of thioether (sulfide) groups is 1. The first-order chi connectivity index (χ1) is 9.77. The first-order valence-corrected chi connectivity index (χ1v) is 7.82. The van der Waals surface area contributed by atoms with E-state index in [1.54, 1.807) is 11.8 Å². The largest absolute Gasteiger partial charge is 0.481 e. The predicted molar refractivity (Wildman–Crippen MR) is 73.3 cm³/mol. The highest BCUT2D eigenvalue weighted by atomic mass is 32.2. The number of nitrogens with zero attached hydrogens (tertiary/aromatic N) is 1. The van der Waals surface area contributed by atoms with Gasteiger partial charge in [0, 0.05) is 19.6 Å². The molecule has 1 saturated heterocycles. The van der Waals surface area contributed by atoms with Crippen LogP contribution >= 0.6 is 11.8 Å². The van der Waals surface area contributed by atoms with Crippen LogP contribution in [-0.2, 0) is 4.79 Å². The van der Waals surface area contributed by atoms with Crippen LogP contribution in [0.5, 0.6) is 0 Å². The van der Waals surface area contributed by atoms with E-state index in [1.165, 1.54) is 0 Å². The molecule has 0 radical (unpaired) electrons. The van der Waals surface area contributed by atoms with Gasteiger partial charge in [0.15, 0.2) is 0 Å². The number of urea groups is 1. The topological polar surface area (TPSA) is 69.6 Å². The fourth-order valence-electron chi connectivity index (χ4n) is 2.18. The minimum Gasteiger partial charge on any atom is -0.481 e. The molecule has 1 aliphatic heterocycles. The number of carboxylic acid groups (broad SMARTS) is 1. The summed E-state index contributed by atoms with van der Waals surface area (Å²) in [7, 11) is 0. The molecule has 9 heteroatoms. The van der Waals surface area contributed by atoms with Crippen LogP contribution in [0.15, 0.2) is 0 Å². The molecule has 0 aromatic carbocycles. The van der Waals surface area contributed by atoms with Gasteiger partial charge in [-0.15, -0.1) is 0 Å². The van der Waals surface area contributed by atoms with Crippen molar-refractivity contribution in [1.29, 1.82) is 0 Å². The third-order valence-corrected chi connectivity index (χ3v) is 4.28. The Bertz CT molecular complexity index is 379. The highest BCUT2D eigenvalue weighted by Gasteiger charge is 2.53. The van der Waals surface area contributed by atoms with E-state index >= 15 is 0 Å². The number of hydrogen-bond donors (Lipinski definition) is 2. The zero-order valence-corrected chi connectivity index (χ0v) is 12.5. The predicted octanol–water partition coefficient (Wildman–Crippen LogP) is 2.03. The van der Waals surface area contributed by atoms with E-state index in [9.17, 15) is 22.8 Å². The molecular formula is C12H19F3N2O3S. The number of rotatable bonds is 6. The lowest BCUT2D eigenvalue weighted by Crippen LogP contribution is -2.40. The smallest absolute Gasteiger partial charge is 0.394 e. The summed E-state index contributed by atoms with van der Waals surface area (Å²) >= 11 is 1.71. The Morgan fingerprint density at radius 2 is 2.05 bits per heavy atom. The number of nitrogens with one attached hydrogen (secondary N) is 1. The lowest BCUT2D eigenvalue weighted by molar-refractivity contribution is -0.187. The van der Waals surface area contributed by atoms with Gasteiger partial charge >= 0.3 is 18.2 Å². The molecule has 2 amide bonds. The van der Waals surface area contributed by atoms with Crippen molar-refractivity contribution in [3.05, 3.63) is 0 Å². The highest BCUT2D eigenvalue weighted by molar-refractivity contribution is 7.99. The van der Waals surface area contributed by atoms with Gasteiger partial charge in [-0.2, -0.15) is 24.9 Å². The second-order valence-corrected chi connectivity index (χ2v) is 6.17. The fourth-order valence-corrected chi connectivity index (χ4v) is 2.81. The van der Waals surface area contributed by atoms with Gasteiger partial charge in [-0.1, -0.05) is 6.92 Å². The van der Waals surface area contributed by atoms with Gasteiger partial charge in [0.2, 0.25) is 0 Å². The quantitative estimate of drug-likeness (QED) is 0.732. The van der Waals surface area contributed by atoms with Gasteiger partial charge in [-0.05, 0) is 17.9 Å². The number of carboxylic acids is 1. The average molecular weight is 328 g/mol. The normalized spacial score (nSPS) is 22.4. The Labute approximate surface area is 125 Å². The number of hydrogen-bond acceptors (Lipinski definition) is 3. The van der Waals surface area contributed by atoms with Crippen LogP contribution in [-0.4, -0.2) is 59.3 Å². The molecular weight excluding hydrogens is 309 g/mol. The van der Waals surface area contributed by atoms with Crippen LogP contribution in [0.4, 0.5) is 18.0 Å². The van der Waals surface area contributed by atoms with E-state index in [2.05, 4.69) is 5.32 Å². The van der Waals surface area contributed by atoms with Gasteiger partial charge in [-0.25, -0.2) is 4.79 Å². The van der Waals surface area contributed by atoms with Gasteiger partial charge in [-0.3, -0.25) is 4.79 Å². The Balaban J connectivity index is 2.49. The standard InChI is InChI=1S/C12H19F3N2O3S/c1-2-21-5-3-4-16-11(20)17-6-8(10(18)19)9(7-17)12(13,14)15/h8-9H,2-7H2,1H3,(H,16,20)(H,18,19)/t8-,9-/m1/s1. The second-order valence-electron chi connectivity index (χ2n) is 4.78. The van der Waals surface area contributed by atoms with Crippen LogP contribution in [0.3, 0.4) is 0 Å². The van der Waals surface area contributed by atoms with Crippen LogP contribution in [0, 0.1) is 11.8 Å². The molecule has 2 N–H and O–H groups in total. The number of likely N-dealkylation sites (tertiary alicyclic amines) is 1. The molecule has 0 aromatic rings. The summed E-state index contributed by atoms with van der Waals surface area (Å²) in [5.74, 6) is -3.29. The van der Waals surface area contributed by atoms with E-state index in [0.29, 0.717) is 6.54 Å². The molecule has 21 heavy (non-hydrogen) atoms. The number of carbonyl (C=O) groups is 2. The Morgan fingerprint density at radius 3 is 2.52 bits per heavy atom. The number of halogens is 3. The van der Waals surface area contributed by atoms with E-state index in [1.807, 2.05) is 6.92 Å². The molecule has 2 atom stereocenters. The molecule has 0 unspecified atom stereocenters. The third kappa shape index (κ3) is 5.29. The second kappa shape index (κ2) is 7.77. The van der Waals surface area contributed by atoms with Crippen molar-refractivity contribution in [3.63, 3.8) is 0 Å². The summed E-state index contributed by atoms with van der Waals surface area (Å²) in [4.78, 5) is 23.6. The maximum absolute atomic E-state index is 12.8. The Morgan fingerprint density at radius 1 is 1.38 bits per heavy atom. The van der Waals surface area contributed by atoms with Crippen LogP contribution in [0.2, 0.25) is 0 Å². The lowest BCUT2D eigenvalue weighted by Gasteiger charge is -2.18. The first kappa shape index (κ1) is 17.9. The van der Waals surface area contributed by atoms with Crippen molar-refractivity contribution < 1.29 is 27.9 Å². The molecule has 0 bridgehead atoms. The maximum atomic E-state index is 12.8. The van der Waals surface area contributed by atoms with Crippen molar-refractivity contribution in [2.45, 2.75) is 19.5 Å². The maximum Gasteiger partial charge on any atom is 0.394 e. The molecule has 0 spiro atoms. The van der Waals surface area contributed by atoms with Gasteiger partial charge in [0.1, 0.15) is 0 Å². The molecule has 1 heterocycles. The molecule has 1 rings (SSSR count). The van der Waals surface area contributed by atoms with Crippen LogP contribution < -0.4 is 5.32 Å². The zero-order chi connectivity index (χ0) is 16.0. The number of alkyl halides is 3. The molecule has 1 fully saturated rings. The summed E-state index contributed by atoms with van der Waals surface area (Å²) in [6, 6.07) is -0.630. The van der Waals surface area contributed by atoms with E-state index < -0.39 is 43.1 Å². The van der Waals surface area contributed by atoms with E-state index in [0.717, 1.165) is 22.8 Å². The van der Waals surface area contributed by atoms with Crippen molar-refractivity contribution in [2.75, 3.05) is 31.1 Å². The van der Waals surface area contributed by atoms with Crippen molar-refractivity contribution in [2.24, 2.45) is 11.8 Å². The SMILES string of the molecule is CCSCCCNC(=O)N1C[C@@H](C(F)(F)F)[C@H](C(=O)O)C1. The minimum atomic E-state index is -4.62. The molecule has 0 saturated carbocycles. The van der Waals surface area contributed by atoms with Gasteiger partial charge in [0.05, 0.1) is 11.8 Å². The van der Waals surface area contributed by atoms with Crippen LogP contribution in [0.25, 0.3) is 0 Å². The summed E-state index contributed by atoms with van der Waals surface area (Å²) < 4.78 is 38.3. The van der Waals surface area contributed by atoms with Crippen LogP contribution in [0.1, 0.15) is 13.3 Å². The van der Waals surface area contributed by atoms with Crippen molar-refractivity contribution in [3.8, 4) is 0 Å². The van der Waals surface area contributed by atoms with E-state index in [-0.39, 0.29) is 0 Å². The average Bonchev–Trinajstić information content (AvgIpc) is 2.83. The summed E-state index contributed by atoms with van der Waals surface area (Å²) in [5.41, 5.74) is 0. The molecule has 122 valence electrons. The number of amides is 2. The first-order valence-electron chi connectivity index (χ1n) is 6.67. The molecule has 1 aliphatic rings. The van der Waals surface area contributed by atoms with Gasteiger partial charge in [0.25, 0.3) is 0 Å². The zero-order valence-electron chi connectivity index (χ0n) is 11.7. The highest BCUT2D eigenvalue weighted by Crippen LogP contribution is 2.37. The molecule has 5 nitrogen and oxygen atoms in total. The summed E-state index contributed by atoms with van der Waals surface area (Å²) in [6.07, 6.45) is -3.89. The summed E-state index contributed by atoms with van der Waals surface area (Å²) in [5, 5.41) is 11.4. The van der Waals surface area contributed by atoms with Crippen molar-refractivity contribution in [1.82, 2.24) is 10.2 Å². The number of carbonyl (C=O) groups excluding carboxylic acids is 1. The third-order valence-electron chi connectivity index (χ3n) is 3.29. The van der Waals surface area contributed by atoms with E-state index in [4.69, 9.17) is 5.11 Å².